The van der Waals surface area contributed by atoms with Gasteiger partial charge in [0.2, 0.25) is 0 Å². The Morgan fingerprint density at radius 2 is 2.23 bits per heavy atom. The van der Waals surface area contributed by atoms with Crippen LogP contribution >= 0.6 is 0 Å². The lowest BCUT2D eigenvalue weighted by molar-refractivity contribution is -0.125. The molecule has 1 aliphatic rings. The zero-order valence-electron chi connectivity index (χ0n) is 9.05. The van der Waals surface area contributed by atoms with Crippen LogP contribution in [0.3, 0.4) is 0 Å². The minimum absolute atomic E-state index is 0.265. The molecular weight excluding hydrogens is 162 g/mol. The molecule has 1 heterocycles. The van der Waals surface area contributed by atoms with E-state index in [1.807, 2.05) is 6.92 Å². The molecule has 0 aromatic carbocycles. The number of hydrogen-bond donors (Lipinski definition) is 0. The van der Waals surface area contributed by atoms with E-state index in [1.165, 1.54) is 6.42 Å². The molecule has 1 fully saturated rings. The van der Waals surface area contributed by atoms with Gasteiger partial charge in [-0.05, 0) is 18.9 Å². The van der Waals surface area contributed by atoms with Gasteiger partial charge in [-0.2, -0.15) is 0 Å². The van der Waals surface area contributed by atoms with E-state index < -0.39 is 0 Å². The van der Waals surface area contributed by atoms with Crippen LogP contribution in [0.2, 0.25) is 0 Å². The largest absolute Gasteiger partial charge is 0.302 e. The lowest BCUT2D eigenvalue weighted by Crippen LogP contribution is -2.40. The van der Waals surface area contributed by atoms with Crippen molar-refractivity contribution in [3.8, 4) is 0 Å². The fourth-order valence-electron chi connectivity index (χ4n) is 1.74. The van der Waals surface area contributed by atoms with Gasteiger partial charge in [-0.15, -0.1) is 0 Å². The number of ketones is 1. The van der Waals surface area contributed by atoms with Gasteiger partial charge in [0.05, 0.1) is 0 Å². The first-order chi connectivity index (χ1) is 6.09. The minimum Gasteiger partial charge on any atom is -0.302 e. The molecule has 1 rings (SSSR count). The summed E-state index contributed by atoms with van der Waals surface area (Å²) in [5.41, 5.74) is 0. The number of nitrogens with zero attached hydrogens (tertiary/aromatic N) is 1. The Hall–Kier alpha value is -0.370. The first-order valence-corrected chi connectivity index (χ1v) is 5.34. The molecule has 0 aliphatic carbocycles. The first kappa shape index (κ1) is 10.7. The van der Waals surface area contributed by atoms with E-state index in [0.717, 1.165) is 32.0 Å². The van der Waals surface area contributed by atoms with Crippen LogP contribution in [0, 0.1) is 11.8 Å². The van der Waals surface area contributed by atoms with Crippen molar-refractivity contribution in [1.29, 1.82) is 0 Å². The van der Waals surface area contributed by atoms with Gasteiger partial charge in [0.1, 0.15) is 5.78 Å². The molecule has 1 saturated heterocycles. The maximum atomic E-state index is 11.3. The van der Waals surface area contributed by atoms with Crippen molar-refractivity contribution in [1.82, 2.24) is 4.90 Å². The molecule has 0 radical (unpaired) electrons. The molecule has 0 amide bonds. The van der Waals surface area contributed by atoms with E-state index in [0.29, 0.717) is 5.78 Å². The van der Waals surface area contributed by atoms with Crippen molar-refractivity contribution < 1.29 is 4.79 Å². The number of hydrogen-bond acceptors (Lipinski definition) is 2. The van der Waals surface area contributed by atoms with Crippen LogP contribution in [0.4, 0.5) is 0 Å². The fourth-order valence-corrected chi connectivity index (χ4v) is 1.74. The van der Waals surface area contributed by atoms with Crippen LogP contribution in [0.15, 0.2) is 0 Å². The van der Waals surface area contributed by atoms with Gasteiger partial charge in [0, 0.05) is 25.4 Å². The van der Waals surface area contributed by atoms with Crippen molar-refractivity contribution in [2.45, 2.75) is 33.6 Å². The van der Waals surface area contributed by atoms with Crippen molar-refractivity contribution in [3.05, 3.63) is 0 Å². The van der Waals surface area contributed by atoms with Crippen LogP contribution in [0.1, 0.15) is 33.6 Å². The zero-order chi connectivity index (χ0) is 9.84. The summed E-state index contributed by atoms with van der Waals surface area (Å²) in [4.78, 5) is 13.7. The lowest BCUT2D eigenvalue weighted by Gasteiger charge is -2.30. The third-order valence-corrected chi connectivity index (χ3v) is 2.78. The van der Waals surface area contributed by atoms with E-state index in [9.17, 15) is 4.79 Å². The summed E-state index contributed by atoms with van der Waals surface area (Å²) < 4.78 is 0. The Labute approximate surface area is 81.3 Å². The highest BCUT2D eigenvalue weighted by molar-refractivity contribution is 5.81. The molecule has 2 heteroatoms. The Morgan fingerprint density at radius 3 is 2.77 bits per heavy atom. The van der Waals surface area contributed by atoms with E-state index in [2.05, 4.69) is 18.7 Å². The van der Waals surface area contributed by atoms with Crippen LogP contribution in [0.25, 0.3) is 0 Å². The second-order valence-corrected chi connectivity index (χ2v) is 4.60. The number of likely N-dealkylation sites (tertiary alicyclic amines) is 1. The van der Waals surface area contributed by atoms with Crippen molar-refractivity contribution in [2.75, 3.05) is 19.6 Å². The SMILES string of the molecule is CC(C)CCN1CCC(=O)C(C)C1. The summed E-state index contributed by atoms with van der Waals surface area (Å²) in [5.74, 6) is 1.48. The normalized spacial score (nSPS) is 25.5. The number of piperidine rings is 1. The third-order valence-electron chi connectivity index (χ3n) is 2.78. The fraction of sp³-hybridized carbons (Fsp3) is 0.909. The molecule has 0 bridgehead atoms. The maximum Gasteiger partial charge on any atom is 0.138 e. The molecule has 2 nitrogen and oxygen atoms in total. The molecule has 0 aromatic rings. The second kappa shape index (κ2) is 4.75. The number of carbonyl (C=O) groups is 1. The smallest absolute Gasteiger partial charge is 0.138 e. The average molecular weight is 183 g/mol. The molecule has 0 spiro atoms. The predicted molar refractivity (Wildman–Crippen MR) is 54.7 cm³/mol. The van der Waals surface area contributed by atoms with Crippen molar-refractivity contribution >= 4 is 5.78 Å². The number of rotatable bonds is 3. The molecule has 0 N–H and O–H groups in total. The topological polar surface area (TPSA) is 20.3 Å². The monoisotopic (exact) mass is 183 g/mol. The number of Topliss-reactive ketones (excluding diaryl/α,β-unsaturated/α-hetero) is 1. The molecule has 1 unspecified atom stereocenters. The van der Waals surface area contributed by atoms with Gasteiger partial charge in [-0.25, -0.2) is 0 Å². The Morgan fingerprint density at radius 1 is 1.54 bits per heavy atom. The summed E-state index contributed by atoms with van der Waals surface area (Å²) >= 11 is 0. The standard InChI is InChI=1S/C11H21NO/c1-9(2)4-6-12-7-5-11(13)10(3)8-12/h9-10H,4-8H2,1-3H3. The number of carbonyl (C=O) groups excluding carboxylic acids is 1. The Kier molecular flexibility index (Phi) is 3.91. The molecular formula is C11H21NO. The Bertz CT molecular complexity index is 177. The van der Waals surface area contributed by atoms with Gasteiger partial charge < -0.3 is 4.90 Å². The van der Waals surface area contributed by atoms with E-state index in [1.54, 1.807) is 0 Å². The van der Waals surface area contributed by atoms with Crippen LogP contribution in [-0.2, 0) is 4.79 Å². The third kappa shape index (κ3) is 3.47. The predicted octanol–water partition coefficient (Wildman–Crippen LogP) is 1.94. The van der Waals surface area contributed by atoms with Crippen LogP contribution < -0.4 is 0 Å². The van der Waals surface area contributed by atoms with Gasteiger partial charge in [0.25, 0.3) is 0 Å². The molecule has 76 valence electrons. The van der Waals surface area contributed by atoms with Crippen LogP contribution in [-0.4, -0.2) is 30.3 Å². The summed E-state index contributed by atoms with van der Waals surface area (Å²) in [6, 6.07) is 0. The van der Waals surface area contributed by atoms with Crippen molar-refractivity contribution in [3.63, 3.8) is 0 Å². The first-order valence-electron chi connectivity index (χ1n) is 5.34. The van der Waals surface area contributed by atoms with Gasteiger partial charge in [0.15, 0.2) is 0 Å². The van der Waals surface area contributed by atoms with Gasteiger partial charge >= 0.3 is 0 Å². The highest BCUT2D eigenvalue weighted by Crippen LogP contribution is 2.13. The highest BCUT2D eigenvalue weighted by atomic mass is 16.1. The summed E-state index contributed by atoms with van der Waals surface area (Å²) in [5, 5.41) is 0. The minimum atomic E-state index is 0.265. The van der Waals surface area contributed by atoms with Crippen LogP contribution in [0.5, 0.6) is 0 Å². The zero-order valence-corrected chi connectivity index (χ0v) is 9.05. The highest BCUT2D eigenvalue weighted by Gasteiger charge is 2.22. The maximum absolute atomic E-state index is 11.3. The van der Waals surface area contributed by atoms with E-state index in [-0.39, 0.29) is 5.92 Å². The summed E-state index contributed by atoms with van der Waals surface area (Å²) in [7, 11) is 0. The second-order valence-electron chi connectivity index (χ2n) is 4.60. The molecule has 13 heavy (non-hydrogen) atoms. The van der Waals surface area contributed by atoms with E-state index in [4.69, 9.17) is 0 Å². The van der Waals surface area contributed by atoms with E-state index >= 15 is 0 Å². The average Bonchev–Trinajstić information content (AvgIpc) is 2.07. The molecule has 1 atom stereocenters. The van der Waals surface area contributed by atoms with Gasteiger partial charge in [-0.3, -0.25) is 4.79 Å². The molecule has 0 saturated carbocycles. The quantitative estimate of drug-likeness (QED) is 0.666. The summed E-state index contributed by atoms with van der Waals surface area (Å²) in [6.45, 7) is 9.66. The van der Waals surface area contributed by atoms with Crippen molar-refractivity contribution in [2.24, 2.45) is 11.8 Å². The molecule has 0 aromatic heterocycles. The molecule has 1 aliphatic heterocycles. The lowest BCUT2D eigenvalue weighted by atomic mass is 9.98. The summed E-state index contributed by atoms with van der Waals surface area (Å²) in [6.07, 6.45) is 2.01. The Balaban J connectivity index is 2.25. The van der Waals surface area contributed by atoms with Gasteiger partial charge in [-0.1, -0.05) is 20.8 Å².